The van der Waals surface area contributed by atoms with Gasteiger partial charge >= 0.3 is 0 Å². The number of hydrogen-bond donors (Lipinski definition) is 2. The van der Waals surface area contributed by atoms with Gasteiger partial charge in [0.05, 0.1) is 17.4 Å². The van der Waals surface area contributed by atoms with Crippen molar-refractivity contribution < 1.29 is 9.90 Å². The molecule has 0 saturated heterocycles. The van der Waals surface area contributed by atoms with Crippen molar-refractivity contribution in [2.45, 2.75) is 0 Å². The number of pyridine rings is 1. The summed E-state index contributed by atoms with van der Waals surface area (Å²) in [6, 6.07) is 1.36. The van der Waals surface area contributed by atoms with Gasteiger partial charge in [0.15, 0.2) is 6.29 Å². The second kappa shape index (κ2) is 2.34. The summed E-state index contributed by atoms with van der Waals surface area (Å²) in [4.78, 5) is 13.6. The van der Waals surface area contributed by atoms with Crippen molar-refractivity contribution in [1.29, 1.82) is 0 Å². The lowest BCUT2D eigenvalue weighted by atomic mass is 10.3. The number of nitrogen functional groups attached to an aromatic ring is 1. The molecule has 0 unspecified atom stereocenters. The summed E-state index contributed by atoms with van der Waals surface area (Å²) in [6.45, 7) is 0. The van der Waals surface area contributed by atoms with Crippen molar-refractivity contribution in [3.63, 3.8) is 0 Å². The molecule has 0 fully saturated rings. The zero-order valence-corrected chi connectivity index (χ0v) is 5.11. The maximum Gasteiger partial charge on any atom is 0.221 e. The Labute approximate surface area is 57.3 Å². The fourth-order valence-electron chi connectivity index (χ4n) is 0.578. The first-order valence-electron chi connectivity index (χ1n) is 2.63. The van der Waals surface area contributed by atoms with Gasteiger partial charge in [0, 0.05) is 0 Å². The van der Waals surface area contributed by atoms with Crippen LogP contribution in [0, 0.1) is 0 Å². The molecule has 0 saturated carbocycles. The molecule has 52 valence electrons. The Morgan fingerprint density at radius 2 is 2.40 bits per heavy atom. The molecule has 0 amide bonds. The van der Waals surface area contributed by atoms with E-state index in [0.29, 0.717) is 12.0 Å². The number of nitrogens with zero attached hydrogens (tertiary/aromatic N) is 1. The van der Waals surface area contributed by atoms with E-state index in [0.717, 1.165) is 0 Å². The SMILES string of the molecule is Nc1cnc(O)c(C=O)c1. The Bertz CT molecular complexity index is 260. The van der Waals surface area contributed by atoms with E-state index in [1.807, 2.05) is 0 Å². The molecule has 0 radical (unpaired) electrons. The quantitative estimate of drug-likeness (QED) is 0.543. The summed E-state index contributed by atoms with van der Waals surface area (Å²) in [7, 11) is 0. The molecule has 1 rings (SSSR count). The zero-order valence-electron chi connectivity index (χ0n) is 5.11. The smallest absolute Gasteiger partial charge is 0.221 e. The monoisotopic (exact) mass is 138 g/mol. The zero-order chi connectivity index (χ0) is 7.56. The van der Waals surface area contributed by atoms with Gasteiger partial charge in [-0.05, 0) is 6.07 Å². The van der Waals surface area contributed by atoms with Gasteiger partial charge in [-0.25, -0.2) is 4.98 Å². The predicted octanol–water partition coefficient (Wildman–Crippen LogP) is 0.182. The molecule has 4 heteroatoms. The largest absolute Gasteiger partial charge is 0.493 e. The third-order valence-corrected chi connectivity index (χ3v) is 1.04. The Hall–Kier alpha value is -1.58. The van der Waals surface area contributed by atoms with Crippen LogP contribution in [0.3, 0.4) is 0 Å². The van der Waals surface area contributed by atoms with E-state index in [1.54, 1.807) is 0 Å². The van der Waals surface area contributed by atoms with Gasteiger partial charge in [0.1, 0.15) is 0 Å². The predicted molar refractivity (Wildman–Crippen MR) is 35.7 cm³/mol. The summed E-state index contributed by atoms with van der Waals surface area (Å²) in [6.07, 6.45) is 1.78. The molecule has 0 aliphatic rings. The number of aldehydes is 1. The fraction of sp³-hybridized carbons (Fsp3) is 0. The van der Waals surface area contributed by atoms with Crippen LogP contribution in [0.15, 0.2) is 12.3 Å². The molecule has 3 N–H and O–H groups in total. The lowest BCUT2D eigenvalue weighted by Gasteiger charge is -1.95. The number of nitrogens with two attached hydrogens (primary N) is 1. The van der Waals surface area contributed by atoms with Crippen LogP contribution in [0.1, 0.15) is 10.4 Å². The van der Waals surface area contributed by atoms with Crippen molar-refractivity contribution in [3.05, 3.63) is 17.8 Å². The minimum atomic E-state index is -0.288. The highest BCUT2D eigenvalue weighted by Crippen LogP contribution is 2.12. The highest BCUT2D eigenvalue weighted by Gasteiger charge is 1.99. The number of carbonyl (C=O) groups is 1. The van der Waals surface area contributed by atoms with Crippen molar-refractivity contribution in [1.82, 2.24) is 4.98 Å². The second-order valence-electron chi connectivity index (χ2n) is 1.80. The molecule has 0 atom stereocenters. The molecule has 1 aromatic rings. The summed E-state index contributed by atoms with van der Waals surface area (Å²) < 4.78 is 0. The average molecular weight is 138 g/mol. The molecule has 10 heavy (non-hydrogen) atoms. The number of aromatic hydroxyl groups is 1. The lowest BCUT2D eigenvalue weighted by Crippen LogP contribution is -1.90. The Morgan fingerprint density at radius 3 is 2.90 bits per heavy atom. The lowest BCUT2D eigenvalue weighted by molar-refractivity contribution is 0.112. The highest BCUT2D eigenvalue weighted by molar-refractivity contribution is 5.79. The van der Waals surface area contributed by atoms with Crippen LogP contribution < -0.4 is 5.73 Å². The number of rotatable bonds is 1. The average Bonchev–Trinajstić information content (AvgIpc) is 1.94. The fourth-order valence-corrected chi connectivity index (χ4v) is 0.578. The van der Waals surface area contributed by atoms with Crippen LogP contribution in [-0.4, -0.2) is 16.4 Å². The van der Waals surface area contributed by atoms with Crippen LogP contribution in [0.2, 0.25) is 0 Å². The van der Waals surface area contributed by atoms with Crippen molar-refractivity contribution in [2.24, 2.45) is 0 Å². The second-order valence-corrected chi connectivity index (χ2v) is 1.80. The van der Waals surface area contributed by atoms with Gasteiger partial charge in [-0.3, -0.25) is 4.79 Å². The molecule has 1 aromatic heterocycles. The first-order chi connectivity index (χ1) is 4.74. The summed E-state index contributed by atoms with van der Waals surface area (Å²) in [5, 5.41) is 8.84. The molecule has 0 spiro atoms. The molecule has 0 aliphatic heterocycles. The Kier molecular flexibility index (Phi) is 1.53. The van der Waals surface area contributed by atoms with Crippen molar-refractivity contribution in [2.75, 3.05) is 5.73 Å². The van der Waals surface area contributed by atoms with Crippen LogP contribution in [0.5, 0.6) is 5.88 Å². The number of aromatic nitrogens is 1. The summed E-state index contributed by atoms with van der Waals surface area (Å²) >= 11 is 0. The van der Waals surface area contributed by atoms with Gasteiger partial charge in [-0.1, -0.05) is 0 Å². The van der Waals surface area contributed by atoms with Gasteiger partial charge in [0.25, 0.3) is 0 Å². The summed E-state index contributed by atoms with van der Waals surface area (Å²) in [5.41, 5.74) is 5.74. The van der Waals surface area contributed by atoms with Gasteiger partial charge < -0.3 is 10.8 Å². The van der Waals surface area contributed by atoms with E-state index in [9.17, 15) is 4.79 Å². The Morgan fingerprint density at radius 1 is 1.70 bits per heavy atom. The van der Waals surface area contributed by atoms with Crippen molar-refractivity contribution >= 4 is 12.0 Å². The third kappa shape index (κ3) is 1.05. The van der Waals surface area contributed by atoms with Crippen molar-refractivity contribution in [3.8, 4) is 5.88 Å². The molecular formula is C6H6N2O2. The molecule has 1 heterocycles. The maximum atomic E-state index is 10.1. The van der Waals surface area contributed by atoms with Gasteiger partial charge in [-0.2, -0.15) is 0 Å². The minimum absolute atomic E-state index is 0.111. The van der Waals surface area contributed by atoms with E-state index in [-0.39, 0.29) is 11.4 Å². The normalized spacial score (nSPS) is 9.20. The molecule has 0 aliphatic carbocycles. The van der Waals surface area contributed by atoms with Gasteiger partial charge in [-0.15, -0.1) is 0 Å². The van der Waals surface area contributed by atoms with Gasteiger partial charge in [0.2, 0.25) is 5.88 Å². The number of anilines is 1. The highest BCUT2D eigenvalue weighted by atomic mass is 16.3. The van der Waals surface area contributed by atoms with E-state index in [2.05, 4.69) is 4.98 Å². The van der Waals surface area contributed by atoms with Crippen LogP contribution in [0.25, 0.3) is 0 Å². The maximum absolute atomic E-state index is 10.1. The Balaban J connectivity index is 3.21. The minimum Gasteiger partial charge on any atom is -0.493 e. The first kappa shape index (κ1) is 6.54. The topological polar surface area (TPSA) is 76.2 Å². The third-order valence-electron chi connectivity index (χ3n) is 1.04. The van der Waals surface area contributed by atoms with E-state index in [4.69, 9.17) is 10.8 Å². The molecule has 4 nitrogen and oxygen atoms in total. The van der Waals surface area contributed by atoms with E-state index in [1.165, 1.54) is 12.3 Å². The summed E-state index contributed by atoms with van der Waals surface area (Å²) in [5.74, 6) is -0.288. The van der Waals surface area contributed by atoms with Crippen LogP contribution >= 0.6 is 0 Å². The molecule has 0 bridgehead atoms. The van der Waals surface area contributed by atoms with Crippen LogP contribution in [0.4, 0.5) is 5.69 Å². The van der Waals surface area contributed by atoms with Crippen LogP contribution in [-0.2, 0) is 0 Å². The molecule has 0 aromatic carbocycles. The first-order valence-corrected chi connectivity index (χ1v) is 2.63. The number of hydrogen-bond acceptors (Lipinski definition) is 4. The number of carbonyl (C=O) groups excluding carboxylic acids is 1. The van der Waals surface area contributed by atoms with E-state index >= 15 is 0 Å². The van der Waals surface area contributed by atoms with E-state index < -0.39 is 0 Å². The standard InChI is InChI=1S/C6H6N2O2/c7-5-1-4(3-9)6(10)8-2-5/h1-3H,7H2,(H,8,10). The molecular weight excluding hydrogens is 132 g/mol.